The molecule has 1 aliphatic heterocycles. The molecule has 100 valence electrons. The number of aryl methyl sites for hydroxylation is 1. The van der Waals surface area contributed by atoms with Crippen LogP contribution in [0.5, 0.6) is 0 Å². The van der Waals surface area contributed by atoms with Crippen molar-refractivity contribution in [1.82, 2.24) is 9.88 Å². The fourth-order valence-corrected chi connectivity index (χ4v) is 2.78. The number of benzene rings is 1. The summed E-state index contributed by atoms with van der Waals surface area (Å²) in [5.41, 5.74) is 2.20. The van der Waals surface area contributed by atoms with E-state index in [-0.39, 0.29) is 11.7 Å². The normalized spacial score (nSPS) is 16.0. The summed E-state index contributed by atoms with van der Waals surface area (Å²) >= 11 is 0. The first-order valence-electron chi connectivity index (χ1n) is 6.74. The molecule has 2 aromatic rings. The summed E-state index contributed by atoms with van der Waals surface area (Å²) in [5.74, 6) is -0.250. The first-order chi connectivity index (χ1) is 9.16. The zero-order valence-electron chi connectivity index (χ0n) is 11.0. The van der Waals surface area contributed by atoms with Crippen LogP contribution in [0, 0.1) is 12.7 Å². The summed E-state index contributed by atoms with van der Waals surface area (Å²) < 4.78 is 13.2. The van der Waals surface area contributed by atoms with Crippen LogP contribution in [0.4, 0.5) is 4.39 Å². The van der Waals surface area contributed by atoms with Crippen molar-refractivity contribution in [3.63, 3.8) is 0 Å². The lowest BCUT2D eigenvalue weighted by molar-refractivity contribution is 0.0718. The Labute approximate surface area is 111 Å². The van der Waals surface area contributed by atoms with Crippen molar-refractivity contribution >= 4 is 16.8 Å². The lowest BCUT2D eigenvalue weighted by atomic mass is 10.1. The van der Waals surface area contributed by atoms with E-state index in [1.807, 2.05) is 11.8 Å². The number of hydrogen-bond acceptors (Lipinski definition) is 1. The van der Waals surface area contributed by atoms with E-state index in [2.05, 4.69) is 4.98 Å². The molecule has 3 nitrogen and oxygen atoms in total. The van der Waals surface area contributed by atoms with Crippen molar-refractivity contribution in [2.45, 2.75) is 26.2 Å². The monoisotopic (exact) mass is 260 g/mol. The van der Waals surface area contributed by atoms with Crippen molar-refractivity contribution in [2.24, 2.45) is 0 Å². The molecule has 19 heavy (non-hydrogen) atoms. The average Bonchev–Trinajstić information content (AvgIpc) is 2.75. The number of piperidine rings is 1. The minimum Gasteiger partial charge on any atom is -0.350 e. The molecule has 1 aromatic heterocycles. The van der Waals surface area contributed by atoms with Crippen LogP contribution >= 0.6 is 0 Å². The fourth-order valence-electron chi connectivity index (χ4n) is 2.78. The molecule has 0 saturated carbocycles. The zero-order valence-corrected chi connectivity index (χ0v) is 11.0. The van der Waals surface area contributed by atoms with Crippen LogP contribution in [0.3, 0.4) is 0 Å². The van der Waals surface area contributed by atoms with Crippen LogP contribution in [0.1, 0.15) is 35.3 Å². The summed E-state index contributed by atoms with van der Waals surface area (Å²) in [4.78, 5) is 17.4. The SMILES string of the molecule is Cc1c(C(=O)N2CCCCC2)[nH]c2cc(F)ccc12. The van der Waals surface area contributed by atoms with Crippen LogP contribution in [-0.2, 0) is 0 Å². The Bertz CT molecular complexity index is 626. The molecule has 4 heteroatoms. The van der Waals surface area contributed by atoms with Gasteiger partial charge in [-0.25, -0.2) is 4.39 Å². The smallest absolute Gasteiger partial charge is 0.270 e. The highest BCUT2D eigenvalue weighted by Crippen LogP contribution is 2.24. The molecule has 0 unspecified atom stereocenters. The molecule has 0 spiro atoms. The topological polar surface area (TPSA) is 36.1 Å². The van der Waals surface area contributed by atoms with Gasteiger partial charge in [0.2, 0.25) is 0 Å². The summed E-state index contributed by atoms with van der Waals surface area (Å²) in [7, 11) is 0. The number of likely N-dealkylation sites (tertiary alicyclic amines) is 1. The summed E-state index contributed by atoms with van der Waals surface area (Å²) in [6, 6.07) is 4.59. The van der Waals surface area contributed by atoms with Gasteiger partial charge in [0.25, 0.3) is 5.91 Å². The van der Waals surface area contributed by atoms with Gasteiger partial charge in [-0.1, -0.05) is 0 Å². The molecule has 1 N–H and O–H groups in total. The predicted octanol–water partition coefficient (Wildman–Crippen LogP) is 3.24. The Balaban J connectivity index is 2.00. The predicted molar refractivity (Wildman–Crippen MR) is 72.7 cm³/mol. The van der Waals surface area contributed by atoms with Gasteiger partial charge in [-0.2, -0.15) is 0 Å². The highest BCUT2D eigenvalue weighted by Gasteiger charge is 2.22. The molecular formula is C15H17FN2O. The molecule has 1 aliphatic rings. The van der Waals surface area contributed by atoms with Gasteiger partial charge in [0, 0.05) is 24.0 Å². The van der Waals surface area contributed by atoms with E-state index >= 15 is 0 Å². The van der Waals surface area contributed by atoms with Crippen LogP contribution in [0.15, 0.2) is 18.2 Å². The molecule has 3 rings (SSSR count). The lowest BCUT2D eigenvalue weighted by Crippen LogP contribution is -2.36. The number of aromatic amines is 1. The van der Waals surface area contributed by atoms with Gasteiger partial charge in [-0.15, -0.1) is 0 Å². The Hall–Kier alpha value is -1.84. The number of nitrogens with zero attached hydrogens (tertiary/aromatic N) is 1. The Morgan fingerprint density at radius 1 is 1.26 bits per heavy atom. The van der Waals surface area contributed by atoms with Crippen LogP contribution in [0.2, 0.25) is 0 Å². The number of halogens is 1. The average molecular weight is 260 g/mol. The van der Waals surface area contributed by atoms with Crippen LogP contribution < -0.4 is 0 Å². The minimum atomic E-state index is -0.286. The van der Waals surface area contributed by atoms with E-state index in [9.17, 15) is 9.18 Å². The van der Waals surface area contributed by atoms with E-state index in [1.54, 1.807) is 6.07 Å². The molecule has 0 radical (unpaired) electrons. The molecule has 1 amide bonds. The third-order valence-corrected chi connectivity index (χ3v) is 3.88. The van der Waals surface area contributed by atoms with Gasteiger partial charge < -0.3 is 9.88 Å². The lowest BCUT2D eigenvalue weighted by Gasteiger charge is -2.26. The van der Waals surface area contributed by atoms with Crippen molar-refractivity contribution < 1.29 is 9.18 Å². The van der Waals surface area contributed by atoms with Crippen molar-refractivity contribution in [3.05, 3.63) is 35.3 Å². The number of H-pyrrole nitrogens is 1. The van der Waals surface area contributed by atoms with E-state index in [1.165, 1.54) is 18.6 Å². The Morgan fingerprint density at radius 2 is 2.00 bits per heavy atom. The molecule has 0 bridgehead atoms. The number of fused-ring (bicyclic) bond motifs is 1. The largest absolute Gasteiger partial charge is 0.350 e. The second-order valence-corrected chi connectivity index (χ2v) is 5.17. The maximum atomic E-state index is 13.2. The van der Waals surface area contributed by atoms with Gasteiger partial charge >= 0.3 is 0 Å². The van der Waals surface area contributed by atoms with Crippen molar-refractivity contribution in [1.29, 1.82) is 0 Å². The van der Waals surface area contributed by atoms with Gasteiger partial charge in [-0.3, -0.25) is 4.79 Å². The second-order valence-electron chi connectivity index (χ2n) is 5.17. The third kappa shape index (κ3) is 2.11. The highest BCUT2D eigenvalue weighted by molar-refractivity contribution is 6.00. The first-order valence-corrected chi connectivity index (χ1v) is 6.74. The maximum absolute atomic E-state index is 13.2. The molecule has 1 saturated heterocycles. The summed E-state index contributed by atoms with van der Waals surface area (Å²) in [6.45, 7) is 3.55. The Morgan fingerprint density at radius 3 is 2.74 bits per heavy atom. The second kappa shape index (κ2) is 4.68. The fraction of sp³-hybridized carbons (Fsp3) is 0.400. The Kier molecular flexibility index (Phi) is 3.01. The van der Waals surface area contributed by atoms with Crippen molar-refractivity contribution in [3.8, 4) is 0 Å². The first kappa shape index (κ1) is 12.2. The third-order valence-electron chi connectivity index (χ3n) is 3.88. The number of amides is 1. The molecular weight excluding hydrogens is 243 g/mol. The number of aromatic nitrogens is 1. The molecule has 0 aliphatic carbocycles. The standard InChI is InChI=1S/C15H17FN2O/c1-10-12-6-5-11(16)9-13(12)17-14(10)15(19)18-7-3-2-4-8-18/h5-6,9,17H,2-4,7-8H2,1H3. The van der Waals surface area contributed by atoms with Crippen LogP contribution in [-0.4, -0.2) is 28.9 Å². The molecule has 0 atom stereocenters. The minimum absolute atomic E-state index is 0.0359. The van der Waals surface area contributed by atoms with Gasteiger partial charge in [0.15, 0.2) is 0 Å². The maximum Gasteiger partial charge on any atom is 0.270 e. The highest BCUT2D eigenvalue weighted by atomic mass is 19.1. The summed E-state index contributed by atoms with van der Waals surface area (Å²) in [6.07, 6.45) is 3.33. The number of nitrogens with one attached hydrogen (secondary N) is 1. The number of hydrogen-bond donors (Lipinski definition) is 1. The van der Waals surface area contributed by atoms with E-state index in [0.717, 1.165) is 36.9 Å². The van der Waals surface area contributed by atoms with E-state index < -0.39 is 0 Å². The zero-order chi connectivity index (χ0) is 13.4. The quantitative estimate of drug-likeness (QED) is 0.839. The van der Waals surface area contributed by atoms with Gasteiger partial charge in [0.1, 0.15) is 11.5 Å². The van der Waals surface area contributed by atoms with Gasteiger partial charge in [0.05, 0.1) is 0 Å². The van der Waals surface area contributed by atoms with E-state index in [0.29, 0.717) is 11.2 Å². The van der Waals surface area contributed by atoms with Crippen LogP contribution in [0.25, 0.3) is 10.9 Å². The molecule has 1 aromatic carbocycles. The van der Waals surface area contributed by atoms with Crippen molar-refractivity contribution in [2.75, 3.05) is 13.1 Å². The molecule has 1 fully saturated rings. The number of carbonyl (C=O) groups excluding carboxylic acids is 1. The van der Waals surface area contributed by atoms with E-state index in [4.69, 9.17) is 0 Å². The molecule has 2 heterocycles. The summed E-state index contributed by atoms with van der Waals surface area (Å²) in [5, 5.41) is 0.918. The number of rotatable bonds is 1. The van der Waals surface area contributed by atoms with Gasteiger partial charge in [-0.05, 0) is 49.9 Å². The number of carbonyl (C=O) groups is 1.